The summed E-state index contributed by atoms with van der Waals surface area (Å²) in [6, 6.07) is 5.38. The number of hydrogen-bond donors (Lipinski definition) is 1. The van der Waals surface area contributed by atoms with Gasteiger partial charge in [-0.3, -0.25) is 0 Å². The lowest BCUT2D eigenvalue weighted by Crippen LogP contribution is -2.25. The van der Waals surface area contributed by atoms with Gasteiger partial charge in [-0.15, -0.1) is 0 Å². The Hall–Kier alpha value is -1.13. The van der Waals surface area contributed by atoms with E-state index in [2.05, 4.69) is 11.3 Å². The van der Waals surface area contributed by atoms with Crippen LogP contribution in [-0.2, 0) is 10.0 Å². The topological polar surface area (TPSA) is 46.2 Å². The summed E-state index contributed by atoms with van der Waals surface area (Å²) in [6.45, 7) is 9.38. The molecule has 0 saturated carbocycles. The normalized spacial score (nSPS) is 11.4. The zero-order valence-electron chi connectivity index (χ0n) is 9.87. The van der Waals surface area contributed by atoms with Gasteiger partial charge >= 0.3 is 0 Å². The van der Waals surface area contributed by atoms with Crippen molar-refractivity contribution in [2.75, 3.05) is 6.54 Å². The Bertz CT molecular complexity index is 504. The van der Waals surface area contributed by atoms with E-state index >= 15 is 0 Å². The molecule has 0 bridgehead atoms. The number of aryl methyl sites for hydroxylation is 2. The summed E-state index contributed by atoms with van der Waals surface area (Å²) in [7, 11) is -3.42. The summed E-state index contributed by atoms with van der Waals surface area (Å²) in [5, 5.41) is 0. The molecule has 0 saturated heterocycles. The van der Waals surface area contributed by atoms with E-state index in [1.165, 1.54) is 0 Å². The van der Waals surface area contributed by atoms with Crippen molar-refractivity contribution < 1.29 is 8.42 Å². The first kappa shape index (κ1) is 12.9. The molecule has 0 aliphatic rings. The second-order valence-corrected chi connectivity index (χ2v) is 5.79. The highest BCUT2D eigenvalue weighted by atomic mass is 32.2. The van der Waals surface area contributed by atoms with Crippen LogP contribution in [0.15, 0.2) is 35.2 Å². The van der Waals surface area contributed by atoms with Crippen LogP contribution in [0.3, 0.4) is 0 Å². The molecule has 3 nitrogen and oxygen atoms in total. The molecule has 0 aliphatic carbocycles. The summed E-state index contributed by atoms with van der Waals surface area (Å²) in [5.41, 5.74) is 2.47. The number of sulfonamides is 1. The fourth-order valence-corrected chi connectivity index (χ4v) is 2.72. The molecule has 0 amide bonds. The summed E-state index contributed by atoms with van der Waals surface area (Å²) in [4.78, 5) is 0.341. The quantitative estimate of drug-likeness (QED) is 0.818. The van der Waals surface area contributed by atoms with Gasteiger partial charge in [-0.25, -0.2) is 13.1 Å². The number of hydrogen-bond acceptors (Lipinski definition) is 2. The Kier molecular flexibility index (Phi) is 3.88. The Labute approximate surface area is 97.2 Å². The van der Waals surface area contributed by atoms with Crippen molar-refractivity contribution in [2.45, 2.75) is 25.7 Å². The monoisotopic (exact) mass is 239 g/mol. The highest BCUT2D eigenvalue weighted by Gasteiger charge is 2.15. The van der Waals surface area contributed by atoms with Crippen LogP contribution < -0.4 is 4.72 Å². The molecule has 88 valence electrons. The zero-order chi connectivity index (χ0) is 12.3. The number of benzene rings is 1. The average Bonchev–Trinajstić information content (AvgIpc) is 2.19. The van der Waals surface area contributed by atoms with E-state index in [0.717, 1.165) is 16.7 Å². The number of rotatable bonds is 4. The summed E-state index contributed by atoms with van der Waals surface area (Å²) >= 11 is 0. The minimum Gasteiger partial charge on any atom is -0.207 e. The van der Waals surface area contributed by atoms with Crippen LogP contribution in [0.1, 0.15) is 18.1 Å². The third kappa shape index (κ3) is 3.18. The first-order valence-electron chi connectivity index (χ1n) is 5.04. The van der Waals surface area contributed by atoms with Gasteiger partial charge in [0, 0.05) is 6.54 Å². The number of nitrogens with one attached hydrogen (secondary N) is 1. The third-order valence-corrected chi connectivity index (χ3v) is 3.74. The van der Waals surface area contributed by atoms with Crippen LogP contribution in [0.4, 0.5) is 0 Å². The van der Waals surface area contributed by atoms with E-state index in [-0.39, 0.29) is 6.54 Å². The van der Waals surface area contributed by atoms with Gasteiger partial charge in [0.1, 0.15) is 0 Å². The molecule has 0 heterocycles. The zero-order valence-corrected chi connectivity index (χ0v) is 10.7. The lowest BCUT2D eigenvalue weighted by molar-refractivity contribution is 0.584. The molecule has 0 atom stereocenters. The Balaban J connectivity index is 3.07. The highest BCUT2D eigenvalue weighted by Crippen LogP contribution is 2.16. The van der Waals surface area contributed by atoms with Gasteiger partial charge in [-0.05, 0) is 38.0 Å². The molecule has 1 N–H and O–H groups in total. The van der Waals surface area contributed by atoms with Crippen LogP contribution in [0, 0.1) is 13.8 Å². The van der Waals surface area contributed by atoms with Crippen LogP contribution in [0.25, 0.3) is 0 Å². The summed E-state index contributed by atoms with van der Waals surface area (Å²) in [5.74, 6) is 0. The van der Waals surface area contributed by atoms with Crippen molar-refractivity contribution >= 4 is 10.0 Å². The molecule has 1 rings (SSSR count). The van der Waals surface area contributed by atoms with Crippen LogP contribution in [-0.4, -0.2) is 15.0 Å². The van der Waals surface area contributed by atoms with Gasteiger partial charge in [-0.2, -0.15) is 0 Å². The first-order chi connectivity index (χ1) is 7.33. The van der Waals surface area contributed by atoms with Crippen molar-refractivity contribution in [3.63, 3.8) is 0 Å². The predicted octanol–water partition coefficient (Wildman–Crippen LogP) is 2.16. The maximum Gasteiger partial charge on any atom is 0.241 e. The average molecular weight is 239 g/mol. The Morgan fingerprint density at radius 1 is 1.38 bits per heavy atom. The molecule has 0 radical (unpaired) electrons. The van der Waals surface area contributed by atoms with Gasteiger partial charge in [0.2, 0.25) is 10.0 Å². The van der Waals surface area contributed by atoms with Crippen molar-refractivity contribution in [1.29, 1.82) is 0 Å². The second kappa shape index (κ2) is 4.80. The van der Waals surface area contributed by atoms with Gasteiger partial charge < -0.3 is 0 Å². The van der Waals surface area contributed by atoms with E-state index in [9.17, 15) is 8.42 Å². The van der Waals surface area contributed by atoms with E-state index in [4.69, 9.17) is 0 Å². The SMILES string of the molecule is C=C(C)CNS(=O)(=O)c1cc(C)ccc1C. The Morgan fingerprint density at radius 2 is 2.00 bits per heavy atom. The molecule has 0 fully saturated rings. The maximum absolute atomic E-state index is 12.0. The lowest BCUT2D eigenvalue weighted by Gasteiger charge is -2.09. The van der Waals surface area contributed by atoms with E-state index in [1.54, 1.807) is 19.9 Å². The predicted molar refractivity (Wildman–Crippen MR) is 65.9 cm³/mol. The van der Waals surface area contributed by atoms with Crippen molar-refractivity contribution in [1.82, 2.24) is 4.72 Å². The smallest absolute Gasteiger partial charge is 0.207 e. The van der Waals surface area contributed by atoms with Crippen molar-refractivity contribution in [2.24, 2.45) is 0 Å². The van der Waals surface area contributed by atoms with Gasteiger partial charge in [0.15, 0.2) is 0 Å². The van der Waals surface area contributed by atoms with E-state index in [1.807, 2.05) is 19.1 Å². The van der Waals surface area contributed by atoms with Crippen molar-refractivity contribution in [3.05, 3.63) is 41.5 Å². The maximum atomic E-state index is 12.0. The van der Waals surface area contributed by atoms with Gasteiger partial charge in [0.25, 0.3) is 0 Å². The molecule has 1 aromatic rings. The molecule has 1 aromatic carbocycles. The van der Waals surface area contributed by atoms with E-state index in [0.29, 0.717) is 4.90 Å². The minimum atomic E-state index is -3.42. The molecular formula is C12H17NO2S. The van der Waals surface area contributed by atoms with Crippen LogP contribution in [0.2, 0.25) is 0 Å². The molecule has 4 heteroatoms. The van der Waals surface area contributed by atoms with E-state index < -0.39 is 10.0 Å². The van der Waals surface area contributed by atoms with Crippen LogP contribution >= 0.6 is 0 Å². The largest absolute Gasteiger partial charge is 0.241 e. The Morgan fingerprint density at radius 3 is 2.56 bits per heavy atom. The standard InChI is InChI=1S/C12H17NO2S/c1-9(2)8-13-16(14,15)12-7-10(3)5-6-11(12)4/h5-7,13H,1,8H2,2-4H3. The molecule has 0 unspecified atom stereocenters. The summed E-state index contributed by atoms with van der Waals surface area (Å²) < 4.78 is 26.4. The molecular weight excluding hydrogens is 222 g/mol. The first-order valence-corrected chi connectivity index (χ1v) is 6.52. The lowest BCUT2D eigenvalue weighted by atomic mass is 10.2. The minimum absolute atomic E-state index is 0.274. The van der Waals surface area contributed by atoms with Crippen LogP contribution in [0.5, 0.6) is 0 Å². The fourth-order valence-electron chi connectivity index (χ4n) is 1.29. The second-order valence-electron chi connectivity index (χ2n) is 4.05. The van der Waals surface area contributed by atoms with Crippen molar-refractivity contribution in [3.8, 4) is 0 Å². The molecule has 0 aliphatic heterocycles. The van der Waals surface area contributed by atoms with Gasteiger partial charge in [-0.1, -0.05) is 24.3 Å². The highest BCUT2D eigenvalue weighted by molar-refractivity contribution is 7.89. The third-order valence-electron chi connectivity index (χ3n) is 2.20. The van der Waals surface area contributed by atoms with Gasteiger partial charge in [0.05, 0.1) is 4.90 Å². The summed E-state index contributed by atoms with van der Waals surface area (Å²) in [6.07, 6.45) is 0. The molecule has 16 heavy (non-hydrogen) atoms. The fraction of sp³-hybridized carbons (Fsp3) is 0.333. The molecule has 0 aromatic heterocycles. The molecule has 0 spiro atoms.